The summed E-state index contributed by atoms with van der Waals surface area (Å²) in [6.45, 7) is 0.878. The Morgan fingerprint density at radius 1 is 0.667 bits per heavy atom. The largest absolute Gasteiger partial charge is 0.382 e. The molecule has 0 unspecified atom stereocenters. The Morgan fingerprint density at radius 2 is 1.10 bits per heavy atom. The maximum atomic E-state index is 11.2. The number of nitrogens with two attached hydrogens (primary N) is 1. The maximum absolute atomic E-state index is 11.2. The summed E-state index contributed by atoms with van der Waals surface area (Å²) in [7, 11) is 0. The summed E-state index contributed by atoms with van der Waals surface area (Å²) in [6.07, 6.45) is 35.6. The lowest BCUT2D eigenvalue weighted by Crippen LogP contribution is -2.36. The normalized spacial score (nSPS) is 26.6. The number of terminal acetylenes is 3. The smallest absolute Gasteiger partial charge is 0.315 e. The number of unbranched alkanes of at least 4 members (excludes halogenated alkanes) is 9. The minimum Gasteiger partial charge on any atom is -0.382 e. The Labute approximate surface area is 384 Å². The van der Waals surface area contributed by atoms with Crippen molar-refractivity contribution in [2.45, 2.75) is 155 Å². The summed E-state index contributed by atoms with van der Waals surface area (Å²) < 4.78 is 1.77. The van der Waals surface area contributed by atoms with Crippen LogP contribution in [0.3, 0.4) is 0 Å². The van der Waals surface area contributed by atoms with Gasteiger partial charge in [-0.1, -0.05) is 43.6 Å². The molecule has 20 heteroatoms. The zero-order valence-corrected chi connectivity index (χ0v) is 38.3. The highest BCUT2D eigenvalue weighted by Gasteiger charge is 2.44. The molecule has 6 fully saturated rings. The highest BCUT2D eigenvalue weighted by molar-refractivity contribution is 8.00. The van der Waals surface area contributed by atoms with E-state index in [1.54, 1.807) is 10.9 Å². The lowest BCUT2D eigenvalue weighted by Gasteiger charge is -2.16. The van der Waals surface area contributed by atoms with Crippen molar-refractivity contribution in [3.8, 4) is 37.0 Å². The zero-order valence-electron chi connectivity index (χ0n) is 35.9. The molecular formula is C43H62N14O3S3. The third-order valence-corrected chi connectivity index (χ3v) is 16.2. The number of imidazole rings is 1. The number of aromatic nitrogens is 4. The van der Waals surface area contributed by atoms with Crippen molar-refractivity contribution in [2.24, 2.45) is 5.11 Å². The van der Waals surface area contributed by atoms with E-state index < -0.39 is 0 Å². The summed E-state index contributed by atoms with van der Waals surface area (Å²) in [5, 5.41) is 23.1. The lowest BCUT2D eigenvalue weighted by molar-refractivity contribution is 0.246. The van der Waals surface area contributed by atoms with E-state index in [0.717, 1.165) is 62.2 Å². The predicted molar refractivity (Wildman–Crippen MR) is 256 cm³/mol. The van der Waals surface area contributed by atoms with Crippen molar-refractivity contribution in [1.29, 1.82) is 0 Å². The highest BCUT2D eigenvalue weighted by Crippen LogP contribution is 2.35. The first kappa shape index (κ1) is 49.2. The minimum atomic E-state index is -0.000996. The van der Waals surface area contributed by atoms with Crippen LogP contribution < -0.4 is 37.6 Å². The number of rotatable bonds is 18. The van der Waals surface area contributed by atoms with E-state index in [9.17, 15) is 14.4 Å². The Bertz CT molecular complexity index is 1980. The molecule has 8 N–H and O–H groups in total. The molecule has 0 saturated carbocycles. The van der Waals surface area contributed by atoms with Gasteiger partial charge in [-0.3, -0.25) is 0 Å². The number of nitrogen functional groups attached to an aromatic ring is 1. The van der Waals surface area contributed by atoms with Crippen LogP contribution in [0, 0.1) is 37.0 Å². The number of anilines is 1. The van der Waals surface area contributed by atoms with Gasteiger partial charge in [0.05, 0.1) is 42.6 Å². The Balaban J connectivity index is 0.000000159. The number of carbonyl (C=O) groups is 3. The van der Waals surface area contributed by atoms with Crippen LogP contribution in [-0.4, -0.2) is 113 Å². The molecule has 6 aliphatic rings. The van der Waals surface area contributed by atoms with Gasteiger partial charge in [-0.2, -0.15) is 35.3 Å². The topological polar surface area (TPSA) is 242 Å². The molecular weight excluding hydrogens is 857 g/mol. The Morgan fingerprint density at radius 3 is 1.56 bits per heavy atom. The Kier molecular flexibility index (Phi) is 20.9. The first-order valence-electron chi connectivity index (χ1n) is 22.0. The molecule has 6 saturated heterocycles. The zero-order chi connectivity index (χ0) is 44.8. The van der Waals surface area contributed by atoms with Gasteiger partial charge in [-0.25, -0.2) is 29.3 Å². The van der Waals surface area contributed by atoms with E-state index in [1.165, 1.54) is 57.7 Å². The number of urea groups is 3. The Hall–Kier alpha value is -4.80. The molecule has 340 valence electrons. The predicted octanol–water partition coefficient (Wildman–Crippen LogP) is 5.93. The molecule has 63 heavy (non-hydrogen) atoms. The second-order valence-corrected chi connectivity index (χ2v) is 19.9. The van der Waals surface area contributed by atoms with Crippen LogP contribution in [0.2, 0.25) is 0 Å². The van der Waals surface area contributed by atoms with Gasteiger partial charge in [0.25, 0.3) is 0 Å². The summed E-state index contributed by atoms with van der Waals surface area (Å²) in [5.41, 5.74) is 15.0. The third-order valence-electron chi connectivity index (χ3n) is 11.7. The van der Waals surface area contributed by atoms with Gasteiger partial charge in [-0.05, 0) is 44.1 Å². The monoisotopic (exact) mass is 918 g/mol. The SMILES string of the molecule is C#CCCCCCC[C@@H]1SC[C@@H]2NC(=O)N[C@@H]21.C#CCCCCC[C@@H]1SC[C@@H]2NC(=O)N[C@@H]21.C#CCCCC[C@@H]1SC[C@@H]2NC(=O)N[C@@H]21.[N-]=[N+]=NCCn1cnc2c(N)ncnc21. The number of azide groups is 1. The number of thioether (sulfide) groups is 3. The van der Waals surface area contributed by atoms with Crippen molar-refractivity contribution in [1.82, 2.24) is 51.4 Å². The van der Waals surface area contributed by atoms with E-state index in [-0.39, 0.29) is 18.1 Å². The molecule has 17 nitrogen and oxygen atoms in total. The average Bonchev–Trinajstić information content (AvgIpc) is 4.15. The van der Waals surface area contributed by atoms with Gasteiger partial charge in [0.2, 0.25) is 0 Å². The van der Waals surface area contributed by atoms with Crippen LogP contribution in [0.1, 0.15) is 96.3 Å². The molecule has 8 rings (SSSR count). The van der Waals surface area contributed by atoms with Crippen molar-refractivity contribution in [3.63, 3.8) is 0 Å². The highest BCUT2D eigenvalue weighted by atomic mass is 32.2. The number of nitrogens with one attached hydrogen (secondary N) is 6. The van der Waals surface area contributed by atoms with E-state index in [4.69, 9.17) is 30.5 Å². The number of hydrogen-bond acceptors (Lipinski definition) is 11. The quantitative estimate of drug-likeness (QED) is 0.0232. The molecule has 2 aromatic rings. The standard InChI is InChI=1S/C13H20N2OS.C12H18N2OS.C11H16N2OS.C7H8N8/c1-2-3-4-5-6-7-8-11-12-10(9-17-11)14-13(16)15-12;1-2-3-4-5-6-7-10-11-9(8-16-10)13-12(15)14-11;1-2-3-4-5-6-9-10-8(7-15-9)12-11(14)13-10;8-6-5-7(11-3-10-6)15(4-12-5)2-1-13-14-9/h1,10-12H,3-9H2,(H2,14,15,16);1,9-11H,3-8H2,(H2,13,14,15);1,8-10H,3-7H2,(H2,12,13,14);3-4H,1-2H2,(H2,8,10,11)/t10-,11-,12-;9-,10-,11-;8-,9-,10-;/m000./s1. The van der Waals surface area contributed by atoms with Gasteiger partial charge in [0.15, 0.2) is 11.5 Å². The molecule has 0 aromatic carbocycles. The second kappa shape index (κ2) is 26.7. The summed E-state index contributed by atoms with van der Waals surface area (Å²) in [4.78, 5) is 48.1. The minimum absolute atomic E-state index is 0.000996. The maximum Gasteiger partial charge on any atom is 0.315 e. The van der Waals surface area contributed by atoms with Crippen LogP contribution in [0.4, 0.5) is 20.2 Å². The van der Waals surface area contributed by atoms with Gasteiger partial charge in [-0.15, -0.1) is 37.0 Å². The van der Waals surface area contributed by atoms with Gasteiger partial charge in [0, 0.05) is 70.3 Å². The molecule has 8 heterocycles. The fourth-order valence-electron chi connectivity index (χ4n) is 8.44. The lowest BCUT2D eigenvalue weighted by atomic mass is 10.0. The van der Waals surface area contributed by atoms with Crippen LogP contribution in [0.15, 0.2) is 17.8 Å². The van der Waals surface area contributed by atoms with E-state index in [1.807, 2.05) is 35.3 Å². The molecule has 6 amide bonds. The number of amides is 6. The third kappa shape index (κ3) is 15.2. The number of carbonyl (C=O) groups excluding carboxylic acids is 3. The molecule has 0 spiro atoms. The van der Waals surface area contributed by atoms with Gasteiger partial charge < -0.3 is 42.2 Å². The molecule has 0 aliphatic carbocycles. The average molecular weight is 919 g/mol. The fraction of sp³-hybridized carbons (Fsp3) is 0.674. The van der Waals surface area contributed by atoms with Crippen molar-refractivity contribution < 1.29 is 14.4 Å². The van der Waals surface area contributed by atoms with Crippen molar-refractivity contribution in [3.05, 3.63) is 23.1 Å². The number of fused-ring (bicyclic) bond motifs is 4. The number of hydrogen-bond donors (Lipinski definition) is 7. The van der Waals surface area contributed by atoms with Gasteiger partial charge in [0.1, 0.15) is 11.8 Å². The van der Waals surface area contributed by atoms with Crippen molar-refractivity contribution >= 4 is 70.4 Å². The molecule has 2 aromatic heterocycles. The van der Waals surface area contributed by atoms with Crippen LogP contribution >= 0.6 is 35.3 Å². The summed E-state index contributed by atoms with van der Waals surface area (Å²) in [6, 6.07) is 2.13. The molecule has 0 bridgehead atoms. The second-order valence-electron chi connectivity index (χ2n) is 16.1. The fourth-order valence-corrected chi connectivity index (χ4v) is 13.1. The van der Waals surface area contributed by atoms with Crippen LogP contribution in [-0.2, 0) is 6.54 Å². The van der Waals surface area contributed by atoms with E-state index >= 15 is 0 Å². The molecule has 9 atom stereocenters. The van der Waals surface area contributed by atoms with Crippen LogP contribution in [0.25, 0.3) is 21.6 Å². The summed E-state index contributed by atoms with van der Waals surface area (Å²) in [5.74, 6) is 11.5. The van der Waals surface area contributed by atoms with Crippen molar-refractivity contribution in [2.75, 3.05) is 29.5 Å². The molecule has 0 radical (unpaired) electrons. The van der Waals surface area contributed by atoms with Crippen LogP contribution in [0.5, 0.6) is 0 Å². The van der Waals surface area contributed by atoms with E-state index in [2.05, 4.69) is 74.6 Å². The van der Waals surface area contributed by atoms with E-state index in [0.29, 0.717) is 82.1 Å². The summed E-state index contributed by atoms with van der Waals surface area (Å²) >= 11 is 5.94. The first-order chi connectivity index (χ1) is 30.8. The first-order valence-corrected chi connectivity index (χ1v) is 25.2. The number of nitrogens with zero attached hydrogens (tertiary/aromatic N) is 7. The van der Waals surface area contributed by atoms with Gasteiger partial charge >= 0.3 is 18.1 Å². The molecule has 6 aliphatic heterocycles.